The third kappa shape index (κ3) is 4.04. The summed E-state index contributed by atoms with van der Waals surface area (Å²) in [5.74, 6) is -1.58. The molecule has 0 unspecified atom stereocenters. The second kappa shape index (κ2) is 7.80. The SMILES string of the molecule is Cc1cc(-c2ccc(C(F)(F)F)cc2)ccc1[C@@H]1N=C(c2c(F)cccc2F)O[C@H]1C. The summed E-state index contributed by atoms with van der Waals surface area (Å²) in [5.41, 5.74) is 2.06. The largest absolute Gasteiger partial charge is 0.472 e. The number of benzene rings is 3. The Morgan fingerprint density at radius 2 is 1.48 bits per heavy atom. The van der Waals surface area contributed by atoms with Gasteiger partial charge >= 0.3 is 6.18 Å². The number of ether oxygens (including phenoxy) is 1. The molecule has 3 aromatic rings. The molecule has 0 bridgehead atoms. The Kier molecular flexibility index (Phi) is 5.29. The summed E-state index contributed by atoms with van der Waals surface area (Å²) in [4.78, 5) is 4.42. The van der Waals surface area contributed by atoms with Gasteiger partial charge in [-0.2, -0.15) is 13.2 Å². The van der Waals surface area contributed by atoms with Gasteiger partial charge in [-0.1, -0.05) is 36.4 Å². The average Bonchev–Trinajstić information content (AvgIpc) is 3.08. The molecule has 160 valence electrons. The Balaban J connectivity index is 1.64. The van der Waals surface area contributed by atoms with E-state index in [-0.39, 0.29) is 11.5 Å². The highest BCUT2D eigenvalue weighted by atomic mass is 19.4. The van der Waals surface area contributed by atoms with E-state index < -0.39 is 35.5 Å². The lowest BCUT2D eigenvalue weighted by Crippen LogP contribution is -2.14. The van der Waals surface area contributed by atoms with Crippen LogP contribution in [-0.4, -0.2) is 12.0 Å². The zero-order valence-electron chi connectivity index (χ0n) is 16.7. The number of hydrogen-bond donors (Lipinski definition) is 0. The molecule has 0 amide bonds. The molecule has 0 saturated carbocycles. The predicted octanol–water partition coefficient (Wildman–Crippen LogP) is 6.87. The number of halogens is 5. The smallest absolute Gasteiger partial charge is 0.416 e. The standard InChI is InChI=1S/C24H18F5NO/c1-13-12-16(15-6-9-17(10-7-15)24(27,28)29)8-11-18(13)22-14(2)31-23(30-22)21-19(25)4-3-5-20(21)26/h3-12,14,22H,1-2H3/t14-,22+/m0/s1. The van der Waals surface area contributed by atoms with E-state index >= 15 is 0 Å². The molecule has 0 radical (unpaired) electrons. The van der Waals surface area contributed by atoms with Gasteiger partial charge < -0.3 is 4.74 Å². The van der Waals surface area contributed by atoms with Crippen molar-refractivity contribution in [3.63, 3.8) is 0 Å². The lowest BCUT2D eigenvalue weighted by Gasteiger charge is -2.16. The van der Waals surface area contributed by atoms with Crippen LogP contribution in [0.4, 0.5) is 22.0 Å². The van der Waals surface area contributed by atoms with Gasteiger partial charge in [0, 0.05) is 0 Å². The first-order valence-corrected chi connectivity index (χ1v) is 9.62. The molecule has 0 fully saturated rings. The van der Waals surface area contributed by atoms with Gasteiger partial charge in [0.25, 0.3) is 0 Å². The summed E-state index contributed by atoms with van der Waals surface area (Å²) < 4.78 is 72.2. The molecule has 7 heteroatoms. The van der Waals surface area contributed by atoms with Crippen LogP contribution in [0.1, 0.15) is 35.2 Å². The van der Waals surface area contributed by atoms with E-state index in [0.29, 0.717) is 5.56 Å². The molecule has 0 aromatic heterocycles. The van der Waals surface area contributed by atoms with E-state index in [1.807, 2.05) is 19.1 Å². The van der Waals surface area contributed by atoms with Crippen LogP contribution in [0.2, 0.25) is 0 Å². The molecule has 0 spiro atoms. The van der Waals surface area contributed by atoms with Crippen molar-refractivity contribution in [2.45, 2.75) is 32.2 Å². The second-order valence-corrected chi connectivity index (χ2v) is 7.45. The number of alkyl halides is 3. The van der Waals surface area contributed by atoms with Crippen LogP contribution in [0.5, 0.6) is 0 Å². The van der Waals surface area contributed by atoms with E-state index in [9.17, 15) is 22.0 Å². The third-order valence-corrected chi connectivity index (χ3v) is 5.31. The average molecular weight is 431 g/mol. The molecular weight excluding hydrogens is 413 g/mol. The summed E-state index contributed by atoms with van der Waals surface area (Å²) in [7, 11) is 0. The number of aryl methyl sites for hydroxylation is 1. The minimum Gasteiger partial charge on any atom is -0.472 e. The van der Waals surface area contributed by atoms with Crippen LogP contribution in [0.25, 0.3) is 11.1 Å². The fourth-order valence-corrected chi connectivity index (χ4v) is 3.69. The van der Waals surface area contributed by atoms with Crippen LogP contribution in [-0.2, 0) is 10.9 Å². The van der Waals surface area contributed by atoms with Gasteiger partial charge in [-0.15, -0.1) is 0 Å². The highest BCUT2D eigenvalue weighted by molar-refractivity contribution is 5.96. The Morgan fingerprint density at radius 1 is 0.871 bits per heavy atom. The van der Waals surface area contributed by atoms with Crippen molar-refractivity contribution in [3.05, 3.63) is 94.6 Å². The van der Waals surface area contributed by atoms with Crippen LogP contribution in [0.15, 0.2) is 65.7 Å². The molecule has 2 atom stereocenters. The Hall–Kier alpha value is -3.22. The van der Waals surface area contributed by atoms with Crippen LogP contribution in [0, 0.1) is 18.6 Å². The monoisotopic (exact) mass is 431 g/mol. The number of rotatable bonds is 3. The first kappa shape index (κ1) is 21.0. The third-order valence-electron chi connectivity index (χ3n) is 5.31. The van der Waals surface area contributed by atoms with E-state index in [1.165, 1.54) is 18.2 Å². The molecule has 4 rings (SSSR count). The van der Waals surface area contributed by atoms with Gasteiger partial charge in [0.15, 0.2) is 0 Å². The quantitative estimate of drug-likeness (QED) is 0.415. The molecule has 2 nitrogen and oxygen atoms in total. The molecule has 31 heavy (non-hydrogen) atoms. The van der Waals surface area contributed by atoms with Gasteiger partial charge in [0.2, 0.25) is 5.90 Å². The summed E-state index contributed by atoms with van der Waals surface area (Å²) >= 11 is 0. The highest BCUT2D eigenvalue weighted by Crippen LogP contribution is 2.36. The van der Waals surface area contributed by atoms with E-state index in [1.54, 1.807) is 13.0 Å². The molecule has 0 saturated heterocycles. The van der Waals surface area contributed by atoms with Crippen LogP contribution >= 0.6 is 0 Å². The minimum atomic E-state index is -4.38. The maximum atomic E-state index is 14.1. The number of nitrogens with zero attached hydrogens (tertiary/aromatic N) is 1. The lowest BCUT2D eigenvalue weighted by atomic mass is 9.94. The number of aliphatic imine (C=N–C) groups is 1. The van der Waals surface area contributed by atoms with Gasteiger partial charge in [-0.3, -0.25) is 0 Å². The molecule has 1 heterocycles. The summed E-state index contributed by atoms with van der Waals surface area (Å²) in [6.07, 6.45) is -4.82. The molecule has 1 aliphatic rings. The lowest BCUT2D eigenvalue weighted by molar-refractivity contribution is -0.137. The minimum absolute atomic E-state index is 0.0840. The van der Waals surface area contributed by atoms with Crippen LogP contribution in [0.3, 0.4) is 0 Å². The Bertz CT molecular complexity index is 1130. The van der Waals surface area contributed by atoms with E-state index in [2.05, 4.69) is 4.99 Å². The molecule has 3 aromatic carbocycles. The van der Waals surface area contributed by atoms with E-state index in [4.69, 9.17) is 4.74 Å². The predicted molar refractivity (Wildman–Crippen MR) is 108 cm³/mol. The van der Waals surface area contributed by atoms with Crippen molar-refractivity contribution < 1.29 is 26.7 Å². The summed E-state index contributed by atoms with van der Waals surface area (Å²) in [6, 6.07) is 13.5. The first-order valence-electron chi connectivity index (χ1n) is 9.62. The van der Waals surface area contributed by atoms with Gasteiger partial charge in [0.05, 0.1) is 5.56 Å². The zero-order valence-corrected chi connectivity index (χ0v) is 16.7. The van der Waals surface area contributed by atoms with Crippen molar-refractivity contribution in [2.24, 2.45) is 4.99 Å². The topological polar surface area (TPSA) is 21.6 Å². The van der Waals surface area contributed by atoms with Crippen molar-refractivity contribution in [3.8, 4) is 11.1 Å². The Morgan fingerprint density at radius 3 is 2.06 bits per heavy atom. The molecular formula is C24H18F5NO. The fraction of sp³-hybridized carbons (Fsp3) is 0.208. The van der Waals surface area contributed by atoms with Crippen molar-refractivity contribution >= 4 is 5.90 Å². The van der Waals surface area contributed by atoms with Crippen molar-refractivity contribution in [1.29, 1.82) is 0 Å². The highest BCUT2D eigenvalue weighted by Gasteiger charge is 2.33. The molecule has 0 N–H and O–H groups in total. The zero-order chi connectivity index (χ0) is 22.3. The maximum Gasteiger partial charge on any atom is 0.416 e. The summed E-state index contributed by atoms with van der Waals surface area (Å²) in [6.45, 7) is 3.62. The van der Waals surface area contributed by atoms with Gasteiger partial charge in [-0.05, 0) is 60.4 Å². The first-order chi connectivity index (χ1) is 14.6. The van der Waals surface area contributed by atoms with Crippen molar-refractivity contribution in [1.82, 2.24) is 0 Å². The number of hydrogen-bond acceptors (Lipinski definition) is 2. The molecule has 1 aliphatic heterocycles. The van der Waals surface area contributed by atoms with Crippen molar-refractivity contribution in [2.75, 3.05) is 0 Å². The summed E-state index contributed by atoms with van der Waals surface area (Å²) in [5, 5.41) is 0. The maximum absolute atomic E-state index is 14.1. The van der Waals surface area contributed by atoms with Crippen LogP contribution < -0.4 is 0 Å². The second-order valence-electron chi connectivity index (χ2n) is 7.45. The van der Waals surface area contributed by atoms with Gasteiger partial charge in [0.1, 0.15) is 29.3 Å². The van der Waals surface area contributed by atoms with Gasteiger partial charge in [-0.25, -0.2) is 13.8 Å². The fourth-order valence-electron chi connectivity index (χ4n) is 3.69. The Labute approximate surface area is 176 Å². The van der Waals surface area contributed by atoms with E-state index in [0.717, 1.165) is 41.0 Å². The molecule has 0 aliphatic carbocycles. The normalized spacial score (nSPS) is 18.6.